The minimum Gasteiger partial charge on any atom is -0.481 e. The lowest BCUT2D eigenvalue weighted by atomic mass is 9.99. The molecular formula is C9H14O4. The summed E-state index contributed by atoms with van der Waals surface area (Å²) in [5, 5.41) is 8.55. The van der Waals surface area contributed by atoms with E-state index in [1.54, 1.807) is 0 Å². The highest BCUT2D eigenvalue weighted by molar-refractivity contribution is 5.78. The lowest BCUT2D eigenvalue weighted by Gasteiger charge is -2.10. The molecule has 0 bridgehead atoms. The Morgan fingerprint density at radius 1 is 1.54 bits per heavy atom. The van der Waals surface area contributed by atoms with E-state index in [0.717, 1.165) is 12.8 Å². The fourth-order valence-corrected chi connectivity index (χ4v) is 1.40. The number of hydrogen-bond donors (Lipinski definition) is 1. The van der Waals surface area contributed by atoms with Gasteiger partial charge in [-0.3, -0.25) is 9.59 Å². The summed E-state index contributed by atoms with van der Waals surface area (Å²) in [5.74, 6) is -1.23. The van der Waals surface area contributed by atoms with E-state index >= 15 is 0 Å². The SMILES string of the molecule is COC(=O)C(CC(=O)O)CC1CC1. The third kappa shape index (κ3) is 3.44. The predicted octanol–water partition coefficient (Wildman–Crippen LogP) is 1.05. The molecule has 0 amide bonds. The molecule has 1 rings (SSSR count). The van der Waals surface area contributed by atoms with Crippen molar-refractivity contribution in [1.82, 2.24) is 0 Å². The van der Waals surface area contributed by atoms with E-state index in [2.05, 4.69) is 4.74 Å². The molecule has 1 aliphatic rings. The van der Waals surface area contributed by atoms with Crippen LogP contribution in [0.5, 0.6) is 0 Å². The summed E-state index contributed by atoms with van der Waals surface area (Å²) in [6.45, 7) is 0. The molecule has 0 aromatic carbocycles. The first-order chi connectivity index (χ1) is 6.13. The number of carbonyl (C=O) groups excluding carboxylic acids is 1. The van der Waals surface area contributed by atoms with Gasteiger partial charge in [0.25, 0.3) is 0 Å². The molecule has 0 radical (unpaired) electrons. The van der Waals surface area contributed by atoms with Crippen LogP contribution in [-0.4, -0.2) is 24.2 Å². The lowest BCUT2D eigenvalue weighted by molar-refractivity contribution is -0.151. The molecule has 13 heavy (non-hydrogen) atoms. The zero-order valence-corrected chi connectivity index (χ0v) is 7.66. The van der Waals surface area contributed by atoms with Crippen LogP contribution >= 0.6 is 0 Å². The van der Waals surface area contributed by atoms with Gasteiger partial charge in [0, 0.05) is 0 Å². The Morgan fingerprint density at radius 3 is 2.54 bits per heavy atom. The quantitative estimate of drug-likeness (QED) is 0.652. The van der Waals surface area contributed by atoms with Crippen molar-refractivity contribution in [3.05, 3.63) is 0 Å². The largest absolute Gasteiger partial charge is 0.481 e. The van der Waals surface area contributed by atoms with Gasteiger partial charge in [-0.2, -0.15) is 0 Å². The number of carbonyl (C=O) groups is 2. The predicted molar refractivity (Wildman–Crippen MR) is 45.1 cm³/mol. The van der Waals surface area contributed by atoms with Crippen LogP contribution in [0.25, 0.3) is 0 Å². The van der Waals surface area contributed by atoms with E-state index in [4.69, 9.17) is 5.11 Å². The number of aliphatic carboxylic acids is 1. The number of carboxylic acid groups (broad SMARTS) is 1. The van der Waals surface area contributed by atoms with E-state index in [9.17, 15) is 9.59 Å². The Balaban J connectivity index is 2.41. The highest BCUT2D eigenvalue weighted by Gasteiger charge is 2.31. The molecule has 0 heterocycles. The first-order valence-corrected chi connectivity index (χ1v) is 4.43. The van der Waals surface area contributed by atoms with Gasteiger partial charge in [0.05, 0.1) is 19.4 Å². The van der Waals surface area contributed by atoms with Crippen LogP contribution in [0.3, 0.4) is 0 Å². The molecule has 0 aromatic rings. The third-order valence-corrected chi connectivity index (χ3v) is 2.27. The second-order valence-corrected chi connectivity index (χ2v) is 3.50. The van der Waals surface area contributed by atoms with E-state index in [-0.39, 0.29) is 6.42 Å². The van der Waals surface area contributed by atoms with Gasteiger partial charge in [-0.05, 0) is 12.3 Å². The van der Waals surface area contributed by atoms with Crippen LogP contribution in [0.2, 0.25) is 0 Å². The van der Waals surface area contributed by atoms with Gasteiger partial charge in [0.15, 0.2) is 0 Å². The number of esters is 1. The van der Waals surface area contributed by atoms with Crippen LogP contribution in [0.15, 0.2) is 0 Å². The van der Waals surface area contributed by atoms with Crippen molar-refractivity contribution in [1.29, 1.82) is 0 Å². The zero-order valence-electron chi connectivity index (χ0n) is 7.66. The molecule has 0 spiro atoms. The number of rotatable bonds is 5. The van der Waals surface area contributed by atoms with Gasteiger partial charge < -0.3 is 9.84 Å². The first kappa shape index (κ1) is 10.0. The smallest absolute Gasteiger partial charge is 0.309 e. The van der Waals surface area contributed by atoms with Crippen molar-refractivity contribution < 1.29 is 19.4 Å². The second-order valence-electron chi connectivity index (χ2n) is 3.50. The van der Waals surface area contributed by atoms with Crippen molar-refractivity contribution in [2.24, 2.45) is 11.8 Å². The standard InChI is InChI=1S/C9H14O4/c1-13-9(12)7(5-8(10)11)4-6-2-3-6/h6-7H,2-5H2,1H3,(H,10,11). The van der Waals surface area contributed by atoms with Gasteiger partial charge in [-0.25, -0.2) is 0 Å². The summed E-state index contributed by atoms with van der Waals surface area (Å²) < 4.78 is 4.54. The summed E-state index contributed by atoms with van der Waals surface area (Å²) in [6, 6.07) is 0. The zero-order chi connectivity index (χ0) is 9.84. The maximum Gasteiger partial charge on any atom is 0.309 e. The molecular weight excluding hydrogens is 172 g/mol. The van der Waals surface area contributed by atoms with Crippen LogP contribution < -0.4 is 0 Å². The van der Waals surface area contributed by atoms with Crippen LogP contribution in [0.1, 0.15) is 25.7 Å². The molecule has 1 saturated carbocycles. The molecule has 4 nitrogen and oxygen atoms in total. The molecule has 1 N–H and O–H groups in total. The molecule has 1 fully saturated rings. The fourth-order valence-electron chi connectivity index (χ4n) is 1.40. The van der Waals surface area contributed by atoms with E-state index < -0.39 is 17.9 Å². The van der Waals surface area contributed by atoms with Crippen LogP contribution in [0, 0.1) is 11.8 Å². The lowest BCUT2D eigenvalue weighted by Crippen LogP contribution is -2.20. The van der Waals surface area contributed by atoms with Gasteiger partial charge in [-0.1, -0.05) is 12.8 Å². The summed E-state index contributed by atoms with van der Waals surface area (Å²) in [4.78, 5) is 21.5. The van der Waals surface area contributed by atoms with Gasteiger partial charge in [0.2, 0.25) is 0 Å². The summed E-state index contributed by atoms with van der Waals surface area (Å²) in [5.41, 5.74) is 0. The molecule has 0 saturated heterocycles. The molecule has 1 aliphatic carbocycles. The average molecular weight is 186 g/mol. The Labute approximate surface area is 76.9 Å². The monoisotopic (exact) mass is 186 g/mol. The minimum absolute atomic E-state index is 0.108. The number of methoxy groups -OCH3 is 1. The minimum atomic E-state index is -0.934. The van der Waals surface area contributed by atoms with E-state index in [0.29, 0.717) is 12.3 Å². The Morgan fingerprint density at radius 2 is 2.15 bits per heavy atom. The van der Waals surface area contributed by atoms with Gasteiger partial charge in [0.1, 0.15) is 0 Å². The highest BCUT2D eigenvalue weighted by atomic mass is 16.5. The molecule has 0 aromatic heterocycles. The molecule has 1 unspecified atom stereocenters. The fraction of sp³-hybridized carbons (Fsp3) is 0.778. The third-order valence-electron chi connectivity index (χ3n) is 2.27. The second kappa shape index (κ2) is 4.25. The molecule has 74 valence electrons. The Hall–Kier alpha value is -1.06. The first-order valence-electron chi connectivity index (χ1n) is 4.43. The van der Waals surface area contributed by atoms with E-state index in [1.165, 1.54) is 7.11 Å². The number of hydrogen-bond acceptors (Lipinski definition) is 3. The normalized spacial score (nSPS) is 17.9. The van der Waals surface area contributed by atoms with Crippen LogP contribution in [0.4, 0.5) is 0 Å². The average Bonchev–Trinajstić information content (AvgIpc) is 2.85. The topological polar surface area (TPSA) is 63.6 Å². The van der Waals surface area contributed by atoms with Crippen LogP contribution in [-0.2, 0) is 14.3 Å². The molecule has 1 atom stereocenters. The van der Waals surface area contributed by atoms with Crippen molar-refractivity contribution in [3.63, 3.8) is 0 Å². The summed E-state index contributed by atoms with van der Waals surface area (Å²) in [7, 11) is 1.30. The van der Waals surface area contributed by atoms with E-state index in [1.807, 2.05) is 0 Å². The van der Waals surface area contributed by atoms with Crippen molar-refractivity contribution in [2.45, 2.75) is 25.7 Å². The maximum absolute atomic E-state index is 11.1. The van der Waals surface area contributed by atoms with Gasteiger partial charge >= 0.3 is 11.9 Å². The van der Waals surface area contributed by atoms with Crippen molar-refractivity contribution in [3.8, 4) is 0 Å². The Kier molecular flexibility index (Phi) is 3.28. The summed E-state index contributed by atoms with van der Waals surface area (Å²) >= 11 is 0. The Bertz CT molecular complexity index is 208. The number of carboxylic acids is 1. The van der Waals surface area contributed by atoms with Gasteiger partial charge in [-0.15, -0.1) is 0 Å². The molecule has 0 aliphatic heterocycles. The van der Waals surface area contributed by atoms with Crippen molar-refractivity contribution >= 4 is 11.9 Å². The number of ether oxygens (including phenoxy) is 1. The highest BCUT2D eigenvalue weighted by Crippen LogP contribution is 2.36. The van der Waals surface area contributed by atoms with Crippen molar-refractivity contribution in [2.75, 3.05) is 7.11 Å². The summed E-state index contributed by atoms with van der Waals surface area (Å²) in [6.07, 6.45) is 2.79. The molecule has 4 heteroatoms. The maximum atomic E-state index is 11.1.